The summed E-state index contributed by atoms with van der Waals surface area (Å²) in [7, 11) is 0. The minimum atomic E-state index is -0.907. The molecule has 0 aliphatic rings. The van der Waals surface area contributed by atoms with E-state index >= 15 is 0 Å². The van der Waals surface area contributed by atoms with E-state index < -0.39 is 29.2 Å². The fourth-order valence-corrected chi connectivity index (χ4v) is 2.32. The molecule has 11 heteroatoms. The molecule has 1 amide bonds. The highest BCUT2D eigenvalue weighted by molar-refractivity contribution is 7.18. The van der Waals surface area contributed by atoms with Gasteiger partial charge in [0.25, 0.3) is 5.91 Å². The van der Waals surface area contributed by atoms with Gasteiger partial charge in [0.1, 0.15) is 12.0 Å². The fraction of sp³-hybridized carbons (Fsp3) is 0.0833. The topological polar surface area (TPSA) is 111 Å². The SMILES string of the molecule is O=C(COC(=O)c1ccc(F)cc1Cl)Nc1ncc([N+](=O)[O-])s1. The molecule has 1 aromatic heterocycles. The number of hydrogen-bond acceptors (Lipinski definition) is 7. The number of carbonyl (C=O) groups excluding carboxylic acids is 2. The number of hydrogen-bond donors (Lipinski definition) is 1. The molecule has 0 atom stereocenters. The van der Waals surface area contributed by atoms with Gasteiger partial charge in [-0.3, -0.25) is 20.2 Å². The number of nitro groups is 1. The second-order valence-electron chi connectivity index (χ2n) is 4.01. The van der Waals surface area contributed by atoms with Crippen molar-refractivity contribution in [2.75, 3.05) is 11.9 Å². The summed E-state index contributed by atoms with van der Waals surface area (Å²) in [6.07, 6.45) is 0.991. The summed E-state index contributed by atoms with van der Waals surface area (Å²) in [4.78, 5) is 36.8. The zero-order chi connectivity index (χ0) is 17.0. The van der Waals surface area contributed by atoms with Crippen LogP contribution in [0.4, 0.5) is 14.5 Å². The van der Waals surface area contributed by atoms with Gasteiger partial charge in [0.05, 0.1) is 15.5 Å². The first-order valence-corrected chi connectivity index (χ1v) is 7.08. The van der Waals surface area contributed by atoms with Crippen LogP contribution in [0, 0.1) is 15.9 Å². The van der Waals surface area contributed by atoms with Crippen LogP contribution >= 0.6 is 22.9 Å². The van der Waals surface area contributed by atoms with Gasteiger partial charge in [-0.1, -0.05) is 11.6 Å². The zero-order valence-electron chi connectivity index (χ0n) is 11.1. The van der Waals surface area contributed by atoms with Gasteiger partial charge >= 0.3 is 11.0 Å². The van der Waals surface area contributed by atoms with Crippen molar-refractivity contribution in [1.82, 2.24) is 4.98 Å². The van der Waals surface area contributed by atoms with Crippen LogP contribution in [0.2, 0.25) is 5.02 Å². The van der Waals surface area contributed by atoms with Crippen LogP contribution in [0.1, 0.15) is 10.4 Å². The quantitative estimate of drug-likeness (QED) is 0.499. The van der Waals surface area contributed by atoms with E-state index in [0.717, 1.165) is 24.4 Å². The maximum atomic E-state index is 12.9. The van der Waals surface area contributed by atoms with Gasteiger partial charge < -0.3 is 4.74 Å². The normalized spacial score (nSPS) is 10.2. The molecule has 8 nitrogen and oxygen atoms in total. The van der Waals surface area contributed by atoms with Gasteiger partial charge in [0, 0.05) is 0 Å². The lowest BCUT2D eigenvalue weighted by molar-refractivity contribution is -0.380. The van der Waals surface area contributed by atoms with E-state index in [-0.39, 0.29) is 20.7 Å². The summed E-state index contributed by atoms with van der Waals surface area (Å²) in [5.41, 5.74) is -0.0919. The first-order chi connectivity index (χ1) is 10.9. The minimum Gasteiger partial charge on any atom is -0.452 e. The molecule has 0 aliphatic carbocycles. The molecule has 0 fully saturated rings. The molecule has 120 valence electrons. The van der Waals surface area contributed by atoms with Crippen LogP contribution in [-0.2, 0) is 9.53 Å². The number of nitrogens with one attached hydrogen (secondary N) is 1. The highest BCUT2D eigenvalue weighted by atomic mass is 35.5. The summed E-state index contributed by atoms with van der Waals surface area (Å²) in [5.74, 6) is -2.26. The smallest absolute Gasteiger partial charge is 0.345 e. The van der Waals surface area contributed by atoms with E-state index in [1.165, 1.54) is 0 Å². The summed E-state index contributed by atoms with van der Waals surface area (Å²) < 4.78 is 17.6. The van der Waals surface area contributed by atoms with E-state index in [4.69, 9.17) is 16.3 Å². The number of ether oxygens (including phenoxy) is 1. The Morgan fingerprint density at radius 3 is 2.83 bits per heavy atom. The van der Waals surface area contributed by atoms with Gasteiger partial charge in [-0.15, -0.1) is 0 Å². The molecule has 0 saturated carbocycles. The average Bonchev–Trinajstić information content (AvgIpc) is 2.93. The number of aromatic nitrogens is 1. The molecule has 0 saturated heterocycles. The standard InChI is InChI=1S/C12H7ClFN3O5S/c13-8-3-6(14)1-2-7(8)11(19)22-5-9(18)16-12-15-4-10(23-12)17(20)21/h1-4H,5H2,(H,15,16,18). The third kappa shape index (κ3) is 4.44. The largest absolute Gasteiger partial charge is 0.452 e. The molecule has 2 rings (SSSR count). The summed E-state index contributed by atoms with van der Waals surface area (Å²) >= 11 is 6.35. The number of benzene rings is 1. The van der Waals surface area contributed by atoms with Crippen LogP contribution in [-0.4, -0.2) is 28.4 Å². The number of esters is 1. The average molecular weight is 360 g/mol. The van der Waals surface area contributed by atoms with E-state index in [1.807, 2.05) is 0 Å². The predicted octanol–water partition coefficient (Wildman–Crippen LogP) is 2.64. The summed E-state index contributed by atoms with van der Waals surface area (Å²) in [6, 6.07) is 3.09. The monoisotopic (exact) mass is 359 g/mol. The van der Waals surface area contributed by atoms with E-state index in [1.54, 1.807) is 0 Å². The molecule has 0 bridgehead atoms. The highest BCUT2D eigenvalue weighted by Crippen LogP contribution is 2.24. The lowest BCUT2D eigenvalue weighted by atomic mass is 10.2. The summed E-state index contributed by atoms with van der Waals surface area (Å²) in [5, 5.41) is 12.3. The highest BCUT2D eigenvalue weighted by Gasteiger charge is 2.16. The van der Waals surface area contributed by atoms with Crippen molar-refractivity contribution >= 4 is 44.9 Å². The number of amides is 1. The molecule has 1 heterocycles. The van der Waals surface area contributed by atoms with Crippen LogP contribution in [0.3, 0.4) is 0 Å². The van der Waals surface area contributed by atoms with Crippen molar-refractivity contribution in [2.24, 2.45) is 0 Å². The second kappa shape index (κ2) is 7.11. The third-order valence-electron chi connectivity index (χ3n) is 2.41. The number of nitrogens with zero attached hydrogens (tertiary/aromatic N) is 2. The van der Waals surface area contributed by atoms with Gasteiger partial charge in [-0.05, 0) is 29.5 Å². The molecule has 0 unspecified atom stereocenters. The molecule has 0 aliphatic heterocycles. The maximum Gasteiger partial charge on any atom is 0.345 e. The maximum absolute atomic E-state index is 12.9. The molecule has 2 aromatic rings. The minimum absolute atomic E-state index is 0.00226. The number of anilines is 1. The van der Waals surface area contributed by atoms with Crippen LogP contribution in [0.15, 0.2) is 24.4 Å². The van der Waals surface area contributed by atoms with Crippen molar-refractivity contribution in [2.45, 2.75) is 0 Å². The third-order valence-corrected chi connectivity index (χ3v) is 3.58. The summed E-state index contributed by atoms with van der Waals surface area (Å²) in [6.45, 7) is -0.653. The van der Waals surface area contributed by atoms with Crippen molar-refractivity contribution in [3.05, 3.63) is 50.9 Å². The Balaban J connectivity index is 1.90. The fourth-order valence-electron chi connectivity index (χ4n) is 1.43. The lowest BCUT2D eigenvalue weighted by Gasteiger charge is -2.06. The Hall–Kier alpha value is -2.59. The number of thiazole rings is 1. The molecule has 1 aromatic carbocycles. The van der Waals surface area contributed by atoms with E-state index in [9.17, 15) is 24.1 Å². The zero-order valence-corrected chi connectivity index (χ0v) is 12.7. The van der Waals surface area contributed by atoms with Crippen molar-refractivity contribution in [3.8, 4) is 0 Å². The molecule has 0 spiro atoms. The molecular formula is C12H7ClFN3O5S. The molecule has 23 heavy (non-hydrogen) atoms. The van der Waals surface area contributed by atoms with Crippen molar-refractivity contribution < 1.29 is 23.6 Å². The number of halogens is 2. The molecular weight excluding hydrogens is 353 g/mol. The second-order valence-corrected chi connectivity index (χ2v) is 5.43. The van der Waals surface area contributed by atoms with Crippen LogP contribution in [0.5, 0.6) is 0 Å². The van der Waals surface area contributed by atoms with Gasteiger partial charge in [-0.2, -0.15) is 0 Å². The van der Waals surface area contributed by atoms with Gasteiger partial charge in [0.2, 0.25) is 0 Å². The molecule has 0 radical (unpaired) electrons. The Labute approximate surface area is 137 Å². The number of carbonyl (C=O) groups is 2. The number of rotatable bonds is 5. The Bertz CT molecular complexity index is 782. The predicted molar refractivity (Wildman–Crippen MR) is 79.1 cm³/mol. The van der Waals surface area contributed by atoms with Gasteiger partial charge in [-0.25, -0.2) is 14.2 Å². The first-order valence-electron chi connectivity index (χ1n) is 5.89. The van der Waals surface area contributed by atoms with E-state index in [2.05, 4.69) is 10.3 Å². The van der Waals surface area contributed by atoms with E-state index in [0.29, 0.717) is 11.3 Å². The van der Waals surface area contributed by atoms with Gasteiger partial charge in [0.15, 0.2) is 11.7 Å². The van der Waals surface area contributed by atoms with Crippen LogP contribution in [0.25, 0.3) is 0 Å². The van der Waals surface area contributed by atoms with Crippen LogP contribution < -0.4 is 5.32 Å². The van der Waals surface area contributed by atoms with Crippen molar-refractivity contribution in [3.63, 3.8) is 0 Å². The Kier molecular flexibility index (Phi) is 5.19. The van der Waals surface area contributed by atoms with Crippen molar-refractivity contribution in [1.29, 1.82) is 0 Å². The first kappa shape index (κ1) is 16.8. The Morgan fingerprint density at radius 2 is 2.22 bits per heavy atom. The lowest BCUT2D eigenvalue weighted by Crippen LogP contribution is -2.21. The molecule has 1 N–H and O–H groups in total. The Morgan fingerprint density at radius 1 is 1.48 bits per heavy atom.